The monoisotopic (exact) mass is 343 g/mol. The van der Waals surface area contributed by atoms with Gasteiger partial charge in [0.05, 0.1) is 12.1 Å². The first kappa shape index (κ1) is 17.0. The Kier molecular flexibility index (Phi) is 5.88. The second-order valence-corrected chi connectivity index (χ2v) is 7.24. The molecule has 1 aliphatic rings. The Hall–Kier alpha value is -1.85. The lowest BCUT2D eigenvalue weighted by Gasteiger charge is -2.27. The van der Waals surface area contributed by atoms with Gasteiger partial charge in [-0.25, -0.2) is 4.79 Å². The summed E-state index contributed by atoms with van der Waals surface area (Å²) in [7, 11) is 0. The topological polar surface area (TPSA) is 44.4 Å². The van der Waals surface area contributed by atoms with Gasteiger partial charge < -0.3 is 10.6 Å². The Morgan fingerprint density at radius 1 is 1.17 bits per heavy atom. The summed E-state index contributed by atoms with van der Waals surface area (Å²) in [4.78, 5) is 16.1. The van der Waals surface area contributed by atoms with E-state index in [1.165, 1.54) is 17.7 Å². The zero-order valence-electron chi connectivity index (χ0n) is 14.1. The van der Waals surface area contributed by atoms with Crippen LogP contribution < -0.4 is 10.6 Å². The van der Waals surface area contributed by atoms with Gasteiger partial charge in [0, 0.05) is 11.4 Å². The van der Waals surface area contributed by atoms with Gasteiger partial charge in [0.25, 0.3) is 0 Å². The molecule has 24 heavy (non-hydrogen) atoms. The van der Waals surface area contributed by atoms with Crippen LogP contribution in [0.5, 0.6) is 0 Å². The second kappa shape index (κ2) is 8.31. The maximum absolute atomic E-state index is 12.3. The number of benzene rings is 1. The smallest absolute Gasteiger partial charge is 0.315 e. The van der Waals surface area contributed by atoms with E-state index >= 15 is 0 Å². The van der Waals surface area contributed by atoms with Crippen LogP contribution in [0.4, 0.5) is 4.79 Å². The Morgan fingerprint density at radius 3 is 2.58 bits per heavy atom. The van der Waals surface area contributed by atoms with Gasteiger partial charge in [-0.1, -0.05) is 36.4 Å². The molecular weight excluding hydrogens is 318 g/mol. The number of hydrogen-bond donors (Lipinski definition) is 2. The Labute approximate surface area is 147 Å². The van der Waals surface area contributed by atoms with E-state index < -0.39 is 0 Å². The van der Waals surface area contributed by atoms with Crippen molar-refractivity contribution in [2.45, 2.75) is 31.8 Å². The highest BCUT2D eigenvalue weighted by Gasteiger charge is 2.24. The summed E-state index contributed by atoms with van der Waals surface area (Å²) >= 11 is 1.77. The Bertz CT molecular complexity index is 623. The van der Waals surface area contributed by atoms with E-state index in [0.717, 1.165) is 18.7 Å². The first-order valence-corrected chi connectivity index (χ1v) is 9.49. The number of carbonyl (C=O) groups excluding carboxylic acids is 1. The van der Waals surface area contributed by atoms with Gasteiger partial charge in [-0.15, -0.1) is 11.3 Å². The lowest BCUT2D eigenvalue weighted by molar-refractivity contribution is 0.220. The summed E-state index contributed by atoms with van der Waals surface area (Å²) in [5.74, 6) is 0. The van der Waals surface area contributed by atoms with E-state index in [4.69, 9.17) is 0 Å². The predicted octanol–water partition coefficient (Wildman–Crippen LogP) is 3.95. The van der Waals surface area contributed by atoms with Crippen molar-refractivity contribution in [2.75, 3.05) is 19.6 Å². The number of hydrogen-bond acceptors (Lipinski definition) is 3. The highest BCUT2D eigenvalue weighted by Crippen LogP contribution is 2.27. The number of thiophene rings is 1. The molecule has 0 radical (unpaired) electrons. The molecule has 0 bridgehead atoms. The fourth-order valence-corrected chi connectivity index (χ4v) is 4.07. The van der Waals surface area contributed by atoms with E-state index in [2.05, 4.69) is 33.0 Å². The molecule has 2 amide bonds. The summed E-state index contributed by atoms with van der Waals surface area (Å²) < 4.78 is 0. The second-order valence-electron chi connectivity index (χ2n) is 6.26. The third kappa shape index (κ3) is 4.36. The van der Waals surface area contributed by atoms with Crippen molar-refractivity contribution in [2.24, 2.45) is 0 Å². The van der Waals surface area contributed by atoms with Gasteiger partial charge in [0.1, 0.15) is 0 Å². The quantitative estimate of drug-likeness (QED) is 0.834. The number of likely N-dealkylation sites (tertiary alicyclic amines) is 1. The number of nitrogens with zero attached hydrogens (tertiary/aromatic N) is 1. The van der Waals surface area contributed by atoms with E-state index in [0.29, 0.717) is 6.54 Å². The van der Waals surface area contributed by atoms with Gasteiger partial charge in [-0.3, -0.25) is 4.90 Å². The molecule has 2 aromatic rings. The fourth-order valence-electron chi connectivity index (χ4n) is 3.21. The fraction of sp³-hybridized carbons (Fsp3) is 0.421. The van der Waals surface area contributed by atoms with Crippen LogP contribution in [0.3, 0.4) is 0 Å². The van der Waals surface area contributed by atoms with Crippen molar-refractivity contribution in [1.82, 2.24) is 15.5 Å². The highest BCUT2D eigenvalue weighted by atomic mass is 32.1. The molecule has 1 aliphatic heterocycles. The largest absolute Gasteiger partial charge is 0.336 e. The summed E-state index contributed by atoms with van der Waals surface area (Å²) in [5, 5.41) is 8.19. The van der Waals surface area contributed by atoms with E-state index in [1.807, 2.05) is 37.3 Å². The third-order valence-electron chi connectivity index (χ3n) is 4.56. The molecule has 2 N–H and O–H groups in total. The number of carbonyl (C=O) groups is 1. The van der Waals surface area contributed by atoms with Crippen LogP contribution in [0.25, 0.3) is 0 Å². The summed E-state index contributed by atoms with van der Waals surface area (Å²) in [6, 6.07) is 14.5. The zero-order valence-corrected chi connectivity index (χ0v) is 14.9. The molecule has 1 saturated heterocycles. The third-order valence-corrected chi connectivity index (χ3v) is 5.53. The molecular formula is C19H25N3OS. The molecule has 0 spiro atoms. The Balaban J connectivity index is 1.55. The molecule has 3 rings (SSSR count). The molecule has 1 aromatic heterocycles. The SMILES string of the molecule is CC(NC(=O)NCC(c1cccs1)N1CCCC1)c1ccccc1. The predicted molar refractivity (Wildman–Crippen MR) is 99.3 cm³/mol. The molecule has 2 atom stereocenters. The van der Waals surface area contributed by atoms with Gasteiger partial charge in [0.15, 0.2) is 0 Å². The van der Waals surface area contributed by atoms with Crippen molar-refractivity contribution in [3.05, 3.63) is 58.3 Å². The molecule has 2 unspecified atom stereocenters. The maximum Gasteiger partial charge on any atom is 0.315 e. The zero-order chi connectivity index (χ0) is 16.8. The van der Waals surface area contributed by atoms with Crippen LogP contribution in [-0.4, -0.2) is 30.6 Å². The molecule has 5 heteroatoms. The molecule has 0 saturated carbocycles. The van der Waals surface area contributed by atoms with Crippen LogP contribution >= 0.6 is 11.3 Å². The number of urea groups is 1. The first-order chi connectivity index (χ1) is 11.7. The van der Waals surface area contributed by atoms with E-state index in [-0.39, 0.29) is 18.1 Å². The highest BCUT2D eigenvalue weighted by molar-refractivity contribution is 7.10. The van der Waals surface area contributed by atoms with Gasteiger partial charge in [0.2, 0.25) is 0 Å². The van der Waals surface area contributed by atoms with Crippen molar-refractivity contribution >= 4 is 17.4 Å². The average molecular weight is 343 g/mol. The standard InChI is InChI=1S/C19H25N3OS/c1-15(16-8-3-2-4-9-16)21-19(23)20-14-17(18-10-7-13-24-18)22-11-5-6-12-22/h2-4,7-10,13,15,17H,5-6,11-12,14H2,1H3,(H2,20,21,23). The van der Waals surface area contributed by atoms with Gasteiger partial charge >= 0.3 is 6.03 Å². The number of amides is 2. The minimum Gasteiger partial charge on any atom is -0.336 e. The lowest BCUT2D eigenvalue weighted by atomic mass is 10.1. The first-order valence-electron chi connectivity index (χ1n) is 8.61. The Morgan fingerprint density at radius 2 is 1.92 bits per heavy atom. The summed E-state index contributed by atoms with van der Waals surface area (Å²) in [6.45, 7) is 4.89. The number of nitrogens with one attached hydrogen (secondary N) is 2. The normalized spacial score (nSPS) is 17.4. The van der Waals surface area contributed by atoms with E-state index in [9.17, 15) is 4.79 Å². The van der Waals surface area contributed by atoms with Crippen molar-refractivity contribution in [1.29, 1.82) is 0 Å². The molecule has 4 nitrogen and oxygen atoms in total. The minimum atomic E-state index is -0.105. The van der Waals surface area contributed by atoms with Crippen LogP contribution in [0.1, 0.15) is 42.3 Å². The van der Waals surface area contributed by atoms with Crippen molar-refractivity contribution < 1.29 is 4.79 Å². The van der Waals surface area contributed by atoms with E-state index in [1.54, 1.807) is 11.3 Å². The van der Waals surface area contributed by atoms with Crippen LogP contribution in [0.2, 0.25) is 0 Å². The molecule has 0 aliphatic carbocycles. The van der Waals surface area contributed by atoms with Gasteiger partial charge in [-0.05, 0) is 49.9 Å². The molecule has 1 fully saturated rings. The van der Waals surface area contributed by atoms with Crippen LogP contribution in [0, 0.1) is 0 Å². The summed E-state index contributed by atoms with van der Waals surface area (Å²) in [6.07, 6.45) is 2.50. The van der Waals surface area contributed by atoms with Crippen LogP contribution in [0.15, 0.2) is 47.8 Å². The van der Waals surface area contributed by atoms with Gasteiger partial charge in [-0.2, -0.15) is 0 Å². The van der Waals surface area contributed by atoms with Crippen molar-refractivity contribution in [3.8, 4) is 0 Å². The molecule has 1 aromatic carbocycles. The molecule has 2 heterocycles. The van der Waals surface area contributed by atoms with Crippen molar-refractivity contribution in [3.63, 3.8) is 0 Å². The maximum atomic E-state index is 12.3. The summed E-state index contributed by atoms with van der Waals surface area (Å²) in [5.41, 5.74) is 1.11. The average Bonchev–Trinajstić information content (AvgIpc) is 3.30. The molecule has 128 valence electrons. The number of rotatable bonds is 6. The minimum absolute atomic E-state index is 0.00169. The van der Waals surface area contributed by atoms with Crippen LogP contribution in [-0.2, 0) is 0 Å². The lowest BCUT2D eigenvalue weighted by Crippen LogP contribution is -2.42.